The maximum Gasteiger partial charge on any atom is 0.241 e. The SMILES string of the molecule is C#CC(C)NS(=O)(=O)c1ccc(OC)c(Br)c1. The summed E-state index contributed by atoms with van der Waals surface area (Å²) in [6.45, 7) is 1.59. The van der Waals surface area contributed by atoms with Gasteiger partial charge in [-0.3, -0.25) is 0 Å². The lowest BCUT2D eigenvalue weighted by molar-refractivity contribution is 0.411. The van der Waals surface area contributed by atoms with Gasteiger partial charge in [-0.1, -0.05) is 5.92 Å². The van der Waals surface area contributed by atoms with Crippen LogP contribution in [0.4, 0.5) is 0 Å². The summed E-state index contributed by atoms with van der Waals surface area (Å²) in [6, 6.07) is 3.93. The van der Waals surface area contributed by atoms with Gasteiger partial charge in [-0.15, -0.1) is 6.42 Å². The molecule has 0 spiro atoms. The first-order valence-corrected chi connectivity index (χ1v) is 7.00. The third-order valence-corrected chi connectivity index (χ3v) is 4.17. The van der Waals surface area contributed by atoms with Crippen molar-refractivity contribution in [2.24, 2.45) is 0 Å². The number of hydrogen-bond donors (Lipinski definition) is 1. The topological polar surface area (TPSA) is 55.4 Å². The van der Waals surface area contributed by atoms with E-state index in [0.29, 0.717) is 10.2 Å². The van der Waals surface area contributed by atoms with Crippen molar-refractivity contribution in [2.75, 3.05) is 7.11 Å². The Balaban J connectivity index is 3.09. The quantitative estimate of drug-likeness (QED) is 0.861. The van der Waals surface area contributed by atoms with E-state index >= 15 is 0 Å². The molecule has 0 amide bonds. The van der Waals surface area contributed by atoms with E-state index < -0.39 is 16.1 Å². The van der Waals surface area contributed by atoms with Gasteiger partial charge in [-0.25, -0.2) is 8.42 Å². The minimum absolute atomic E-state index is 0.132. The molecule has 1 unspecified atom stereocenters. The van der Waals surface area contributed by atoms with Gasteiger partial charge in [0.2, 0.25) is 10.0 Å². The Bertz CT molecular complexity index is 548. The summed E-state index contributed by atoms with van der Waals surface area (Å²) < 4.78 is 31.7. The monoisotopic (exact) mass is 317 g/mol. The standard InChI is InChI=1S/C11H12BrNO3S/c1-4-8(2)13-17(14,15)9-5-6-11(16-3)10(12)7-9/h1,5-8,13H,2-3H3. The minimum atomic E-state index is -3.60. The van der Waals surface area contributed by atoms with Crippen LogP contribution in [-0.2, 0) is 10.0 Å². The first kappa shape index (κ1) is 14.0. The number of benzene rings is 1. The van der Waals surface area contributed by atoms with Gasteiger partial charge in [0.05, 0.1) is 22.5 Å². The highest BCUT2D eigenvalue weighted by molar-refractivity contribution is 9.10. The zero-order valence-corrected chi connectivity index (χ0v) is 11.8. The molecule has 1 atom stereocenters. The van der Waals surface area contributed by atoms with Crippen LogP contribution >= 0.6 is 15.9 Å². The molecule has 0 radical (unpaired) electrons. The van der Waals surface area contributed by atoms with E-state index in [-0.39, 0.29) is 4.90 Å². The van der Waals surface area contributed by atoms with E-state index in [1.165, 1.54) is 19.2 Å². The molecule has 0 aliphatic heterocycles. The molecule has 92 valence electrons. The zero-order chi connectivity index (χ0) is 13.1. The highest BCUT2D eigenvalue weighted by Gasteiger charge is 2.17. The molecule has 1 aromatic carbocycles. The Morgan fingerprint density at radius 2 is 2.18 bits per heavy atom. The van der Waals surface area contributed by atoms with Crippen LogP contribution in [0.3, 0.4) is 0 Å². The Kier molecular flexibility index (Phi) is 4.57. The van der Waals surface area contributed by atoms with Crippen molar-refractivity contribution >= 4 is 26.0 Å². The molecule has 1 rings (SSSR count). The second-order valence-corrected chi connectivity index (χ2v) is 5.87. The highest BCUT2D eigenvalue weighted by atomic mass is 79.9. The molecular formula is C11H12BrNO3S. The van der Waals surface area contributed by atoms with Crippen LogP contribution in [0.5, 0.6) is 5.75 Å². The zero-order valence-electron chi connectivity index (χ0n) is 9.40. The van der Waals surface area contributed by atoms with Gasteiger partial charge in [0, 0.05) is 0 Å². The lowest BCUT2D eigenvalue weighted by atomic mass is 10.3. The number of rotatable bonds is 4. The van der Waals surface area contributed by atoms with Crippen molar-refractivity contribution in [3.63, 3.8) is 0 Å². The molecule has 0 heterocycles. The molecule has 17 heavy (non-hydrogen) atoms. The Labute approximate surface area is 110 Å². The summed E-state index contributed by atoms with van der Waals surface area (Å²) in [5.41, 5.74) is 0. The summed E-state index contributed by atoms with van der Waals surface area (Å²) in [5.74, 6) is 2.87. The summed E-state index contributed by atoms with van der Waals surface area (Å²) in [4.78, 5) is 0.132. The van der Waals surface area contributed by atoms with Gasteiger partial charge in [0.25, 0.3) is 0 Å². The normalized spacial score (nSPS) is 12.8. The molecule has 1 N–H and O–H groups in total. The molecule has 0 bridgehead atoms. The average Bonchev–Trinajstić information content (AvgIpc) is 2.28. The Hall–Kier alpha value is -1.03. The molecule has 1 aromatic rings. The summed E-state index contributed by atoms with van der Waals surface area (Å²) in [7, 11) is -2.09. The highest BCUT2D eigenvalue weighted by Crippen LogP contribution is 2.27. The number of halogens is 1. The molecule has 0 saturated carbocycles. The van der Waals surface area contributed by atoms with Crippen molar-refractivity contribution in [2.45, 2.75) is 17.9 Å². The van der Waals surface area contributed by atoms with E-state index in [9.17, 15) is 8.42 Å². The van der Waals surface area contributed by atoms with Crippen molar-refractivity contribution in [1.82, 2.24) is 4.72 Å². The van der Waals surface area contributed by atoms with Crippen molar-refractivity contribution in [3.8, 4) is 18.1 Å². The second-order valence-electron chi connectivity index (χ2n) is 3.31. The first-order valence-electron chi connectivity index (χ1n) is 4.72. The summed E-state index contributed by atoms with van der Waals surface area (Å²) in [6.07, 6.45) is 5.13. The number of methoxy groups -OCH3 is 1. The molecule has 0 aliphatic carbocycles. The molecule has 0 aliphatic rings. The fourth-order valence-corrected chi connectivity index (χ4v) is 3.03. The van der Waals surface area contributed by atoms with Crippen LogP contribution in [0.2, 0.25) is 0 Å². The maximum atomic E-state index is 11.9. The molecule has 4 nitrogen and oxygen atoms in total. The van der Waals surface area contributed by atoms with Crippen molar-refractivity contribution in [3.05, 3.63) is 22.7 Å². The van der Waals surface area contributed by atoms with E-state index in [0.717, 1.165) is 0 Å². The van der Waals surface area contributed by atoms with Gasteiger partial charge in [0.1, 0.15) is 5.75 Å². The fourth-order valence-electron chi connectivity index (χ4n) is 1.15. The van der Waals surface area contributed by atoms with Crippen LogP contribution in [-0.4, -0.2) is 21.6 Å². The smallest absolute Gasteiger partial charge is 0.241 e. The van der Waals surface area contributed by atoms with Crippen LogP contribution in [0, 0.1) is 12.3 Å². The molecule has 0 fully saturated rings. The van der Waals surface area contributed by atoms with Gasteiger partial charge in [0.15, 0.2) is 0 Å². The number of ether oxygens (including phenoxy) is 1. The molecular weight excluding hydrogens is 306 g/mol. The lowest BCUT2D eigenvalue weighted by Crippen LogP contribution is -2.31. The van der Waals surface area contributed by atoms with Gasteiger partial charge in [-0.2, -0.15) is 4.72 Å². The third kappa shape index (κ3) is 3.46. The van der Waals surface area contributed by atoms with E-state index in [2.05, 4.69) is 26.6 Å². The maximum absolute atomic E-state index is 11.9. The second kappa shape index (κ2) is 5.54. The third-order valence-electron chi connectivity index (χ3n) is 2.02. The lowest BCUT2D eigenvalue weighted by Gasteiger charge is -2.10. The van der Waals surface area contributed by atoms with Crippen molar-refractivity contribution in [1.29, 1.82) is 0 Å². The number of nitrogens with one attached hydrogen (secondary N) is 1. The van der Waals surface area contributed by atoms with Crippen LogP contribution < -0.4 is 9.46 Å². The van der Waals surface area contributed by atoms with E-state index in [4.69, 9.17) is 11.2 Å². The van der Waals surface area contributed by atoms with Crippen LogP contribution in [0.25, 0.3) is 0 Å². The number of sulfonamides is 1. The molecule has 6 heteroatoms. The number of terminal acetylenes is 1. The van der Waals surface area contributed by atoms with Gasteiger partial charge >= 0.3 is 0 Å². The molecule has 0 aromatic heterocycles. The van der Waals surface area contributed by atoms with Crippen LogP contribution in [0.1, 0.15) is 6.92 Å². The Morgan fingerprint density at radius 1 is 1.53 bits per heavy atom. The van der Waals surface area contributed by atoms with E-state index in [1.807, 2.05) is 0 Å². The predicted molar refractivity (Wildman–Crippen MR) is 69.3 cm³/mol. The fraction of sp³-hybridized carbons (Fsp3) is 0.273. The first-order chi connectivity index (χ1) is 7.90. The van der Waals surface area contributed by atoms with Crippen molar-refractivity contribution < 1.29 is 13.2 Å². The van der Waals surface area contributed by atoms with Gasteiger partial charge < -0.3 is 4.74 Å². The molecule has 0 saturated heterocycles. The summed E-state index contributed by atoms with van der Waals surface area (Å²) in [5, 5.41) is 0. The average molecular weight is 318 g/mol. The van der Waals surface area contributed by atoms with Crippen LogP contribution in [0.15, 0.2) is 27.6 Å². The number of hydrogen-bond acceptors (Lipinski definition) is 3. The van der Waals surface area contributed by atoms with E-state index in [1.54, 1.807) is 13.0 Å². The summed E-state index contributed by atoms with van der Waals surface area (Å²) >= 11 is 3.23. The largest absolute Gasteiger partial charge is 0.496 e. The van der Waals surface area contributed by atoms with Gasteiger partial charge in [-0.05, 0) is 41.1 Å². The minimum Gasteiger partial charge on any atom is -0.496 e. The Morgan fingerprint density at radius 3 is 2.65 bits per heavy atom. The predicted octanol–water partition coefficient (Wildman–Crippen LogP) is 1.76.